The Balaban J connectivity index is 3.21. The Hall–Kier alpha value is -0.260. The zero-order valence-corrected chi connectivity index (χ0v) is 9.03. The van der Waals surface area contributed by atoms with Crippen LogP contribution in [0, 0.1) is 0 Å². The van der Waals surface area contributed by atoms with Crippen LogP contribution in [-0.4, -0.2) is 0 Å². The molecule has 0 rings (SSSR count). The van der Waals surface area contributed by atoms with Crippen molar-refractivity contribution >= 4 is 0 Å². The number of rotatable bonds is 7. The monoisotopic (exact) mass is 168 g/mol. The standard InChI is InChI=1S/C12H24/c1-4-6-7-8-9-11-12(3)10-5-2/h11H,4-10H2,1-3H3/b12-11+. The van der Waals surface area contributed by atoms with Gasteiger partial charge in [0.25, 0.3) is 0 Å². The molecule has 0 aromatic heterocycles. The largest absolute Gasteiger partial charge is 0.0856 e. The molecule has 0 heterocycles. The average Bonchev–Trinajstić information content (AvgIpc) is 2.05. The fourth-order valence-corrected chi connectivity index (χ4v) is 1.42. The second-order valence-corrected chi connectivity index (χ2v) is 3.65. The average molecular weight is 168 g/mol. The highest BCUT2D eigenvalue weighted by Gasteiger charge is 1.88. The van der Waals surface area contributed by atoms with Crippen molar-refractivity contribution in [1.82, 2.24) is 0 Å². The molecule has 12 heavy (non-hydrogen) atoms. The maximum Gasteiger partial charge on any atom is -0.0326 e. The van der Waals surface area contributed by atoms with Crippen LogP contribution in [0.2, 0.25) is 0 Å². The molecule has 0 atom stereocenters. The van der Waals surface area contributed by atoms with Crippen molar-refractivity contribution in [2.45, 2.75) is 65.7 Å². The Morgan fingerprint density at radius 2 is 1.75 bits per heavy atom. The molecule has 0 saturated carbocycles. The Bertz CT molecular complexity index is 111. The first-order valence-electron chi connectivity index (χ1n) is 5.46. The van der Waals surface area contributed by atoms with E-state index in [4.69, 9.17) is 0 Å². The number of unbranched alkanes of at least 4 members (excludes halogenated alkanes) is 4. The van der Waals surface area contributed by atoms with Gasteiger partial charge in [-0.1, -0.05) is 51.2 Å². The first kappa shape index (κ1) is 11.7. The third kappa shape index (κ3) is 7.84. The Morgan fingerprint density at radius 3 is 2.33 bits per heavy atom. The number of hydrogen-bond acceptors (Lipinski definition) is 0. The van der Waals surface area contributed by atoms with Gasteiger partial charge in [-0.25, -0.2) is 0 Å². The van der Waals surface area contributed by atoms with Crippen molar-refractivity contribution in [3.05, 3.63) is 11.6 Å². The first-order chi connectivity index (χ1) is 5.81. The predicted octanol–water partition coefficient (Wildman–Crippen LogP) is 4.70. The molecule has 72 valence electrons. The predicted molar refractivity (Wildman–Crippen MR) is 57.4 cm³/mol. The lowest BCUT2D eigenvalue weighted by Crippen LogP contribution is -1.78. The van der Waals surface area contributed by atoms with Crippen molar-refractivity contribution in [3.63, 3.8) is 0 Å². The van der Waals surface area contributed by atoms with Crippen LogP contribution in [0.25, 0.3) is 0 Å². The van der Waals surface area contributed by atoms with E-state index in [1.807, 2.05) is 0 Å². The first-order valence-corrected chi connectivity index (χ1v) is 5.46. The van der Waals surface area contributed by atoms with Gasteiger partial charge in [-0.2, -0.15) is 0 Å². The van der Waals surface area contributed by atoms with Crippen LogP contribution < -0.4 is 0 Å². The van der Waals surface area contributed by atoms with Crippen LogP contribution in [-0.2, 0) is 0 Å². The lowest BCUT2D eigenvalue weighted by atomic mass is 10.1. The van der Waals surface area contributed by atoms with Crippen LogP contribution in [0.1, 0.15) is 65.7 Å². The van der Waals surface area contributed by atoms with Crippen LogP contribution in [0.4, 0.5) is 0 Å². The summed E-state index contributed by atoms with van der Waals surface area (Å²) in [5, 5.41) is 0. The smallest absolute Gasteiger partial charge is 0.0326 e. The van der Waals surface area contributed by atoms with Gasteiger partial charge in [0.05, 0.1) is 0 Å². The molecule has 0 saturated heterocycles. The summed E-state index contributed by atoms with van der Waals surface area (Å²) in [6, 6.07) is 0. The van der Waals surface area contributed by atoms with Crippen molar-refractivity contribution in [2.75, 3.05) is 0 Å². The summed E-state index contributed by atoms with van der Waals surface area (Å²) in [6.45, 7) is 6.76. The fraction of sp³-hybridized carbons (Fsp3) is 0.833. The van der Waals surface area contributed by atoms with E-state index in [0.717, 1.165) is 0 Å². The minimum atomic E-state index is 1.29. The van der Waals surface area contributed by atoms with E-state index in [1.54, 1.807) is 5.57 Å². The van der Waals surface area contributed by atoms with Gasteiger partial charge in [0.2, 0.25) is 0 Å². The van der Waals surface area contributed by atoms with Gasteiger partial charge in [0.1, 0.15) is 0 Å². The van der Waals surface area contributed by atoms with E-state index in [-0.39, 0.29) is 0 Å². The maximum atomic E-state index is 2.42. The van der Waals surface area contributed by atoms with Gasteiger partial charge in [-0.15, -0.1) is 0 Å². The van der Waals surface area contributed by atoms with Gasteiger partial charge in [0, 0.05) is 0 Å². The highest BCUT2D eigenvalue weighted by Crippen LogP contribution is 2.08. The Labute approximate surface area is 78.1 Å². The van der Waals surface area contributed by atoms with E-state index in [1.165, 1.54) is 44.9 Å². The second-order valence-electron chi connectivity index (χ2n) is 3.65. The molecule has 0 nitrogen and oxygen atoms in total. The van der Waals surface area contributed by atoms with Gasteiger partial charge in [0.15, 0.2) is 0 Å². The maximum absolute atomic E-state index is 2.42. The summed E-state index contributed by atoms with van der Waals surface area (Å²) in [5.74, 6) is 0. The normalized spacial score (nSPS) is 12.1. The minimum Gasteiger partial charge on any atom is -0.0856 e. The molecule has 0 aliphatic heterocycles. The quantitative estimate of drug-likeness (QED) is 0.382. The Morgan fingerprint density at radius 1 is 1.00 bits per heavy atom. The highest BCUT2D eigenvalue weighted by molar-refractivity contribution is 4.97. The van der Waals surface area contributed by atoms with Crippen molar-refractivity contribution in [3.8, 4) is 0 Å². The number of allylic oxidation sites excluding steroid dienone is 2. The van der Waals surface area contributed by atoms with Crippen molar-refractivity contribution in [1.29, 1.82) is 0 Å². The summed E-state index contributed by atoms with van der Waals surface area (Å²) >= 11 is 0. The zero-order chi connectivity index (χ0) is 9.23. The molecule has 0 radical (unpaired) electrons. The van der Waals surface area contributed by atoms with Crippen LogP contribution in [0.5, 0.6) is 0 Å². The molecule has 0 unspecified atom stereocenters. The van der Waals surface area contributed by atoms with Crippen LogP contribution in [0.15, 0.2) is 11.6 Å². The van der Waals surface area contributed by atoms with Crippen LogP contribution >= 0.6 is 0 Å². The zero-order valence-electron chi connectivity index (χ0n) is 9.03. The van der Waals surface area contributed by atoms with E-state index in [0.29, 0.717) is 0 Å². The third-order valence-electron chi connectivity index (χ3n) is 2.19. The Kier molecular flexibility index (Phi) is 8.64. The molecule has 0 bridgehead atoms. The molecular formula is C12H24. The highest BCUT2D eigenvalue weighted by atomic mass is 13.9. The summed E-state index contributed by atoms with van der Waals surface area (Å²) in [7, 11) is 0. The molecule has 0 aromatic rings. The molecule has 0 fully saturated rings. The molecule has 0 heteroatoms. The summed E-state index contributed by atoms with van der Waals surface area (Å²) in [6.07, 6.45) is 11.8. The molecule has 0 amide bonds. The van der Waals surface area contributed by atoms with Crippen LogP contribution in [0.3, 0.4) is 0 Å². The van der Waals surface area contributed by atoms with Gasteiger partial charge >= 0.3 is 0 Å². The van der Waals surface area contributed by atoms with Gasteiger partial charge < -0.3 is 0 Å². The molecule has 0 spiro atoms. The van der Waals surface area contributed by atoms with E-state index in [2.05, 4.69) is 26.8 Å². The molecule has 0 N–H and O–H groups in total. The fourth-order valence-electron chi connectivity index (χ4n) is 1.42. The molecule has 0 aliphatic carbocycles. The van der Waals surface area contributed by atoms with Gasteiger partial charge in [-0.05, 0) is 26.2 Å². The minimum absolute atomic E-state index is 1.29. The summed E-state index contributed by atoms with van der Waals surface area (Å²) in [4.78, 5) is 0. The topological polar surface area (TPSA) is 0 Å². The molecule has 0 aliphatic rings. The lowest BCUT2D eigenvalue weighted by molar-refractivity contribution is 0.672. The third-order valence-corrected chi connectivity index (χ3v) is 2.19. The van der Waals surface area contributed by atoms with E-state index in [9.17, 15) is 0 Å². The summed E-state index contributed by atoms with van der Waals surface area (Å²) < 4.78 is 0. The van der Waals surface area contributed by atoms with E-state index < -0.39 is 0 Å². The number of hydrogen-bond donors (Lipinski definition) is 0. The SMILES string of the molecule is CCCCCC/C=C(\C)CCC. The lowest BCUT2D eigenvalue weighted by Gasteiger charge is -1.98. The summed E-state index contributed by atoms with van der Waals surface area (Å²) in [5.41, 5.74) is 1.58. The second kappa shape index (κ2) is 8.83. The van der Waals surface area contributed by atoms with Crippen molar-refractivity contribution < 1.29 is 0 Å². The van der Waals surface area contributed by atoms with E-state index >= 15 is 0 Å². The molecular weight excluding hydrogens is 144 g/mol. The molecule has 0 aromatic carbocycles. The van der Waals surface area contributed by atoms with Gasteiger partial charge in [-0.3, -0.25) is 0 Å². The van der Waals surface area contributed by atoms with Crippen molar-refractivity contribution in [2.24, 2.45) is 0 Å².